The number of primary amides is 1. The number of carboxylic acid groups (broad SMARTS) is 1. The van der Waals surface area contributed by atoms with Crippen molar-refractivity contribution in [2.45, 2.75) is 71.3 Å². The highest BCUT2D eigenvalue weighted by Gasteiger charge is 2.60. The third-order valence-corrected chi connectivity index (χ3v) is 17.5. The molecule has 47 heavy (non-hydrogen) atoms. The Morgan fingerprint density at radius 2 is 1.72 bits per heavy atom. The van der Waals surface area contributed by atoms with E-state index in [9.17, 15) is 19.5 Å². The third-order valence-electron chi connectivity index (χ3n) is 11.9. The minimum Gasteiger partial charge on any atom is -0.488 e. The SMILES string of the molecule is CC[Si](CC)(CC)O[C@H](C)[C@H]1C(=O)N2C(C(=O)O)=C(/C=C/COc3ccc(CC[N+]45CC[N+](CC(N)=O)(CC4)CC5)cc3I)[C@H](C)[C@H]12. The monoisotopic (exact) mass is 780 g/mol. The van der Waals surface area contributed by atoms with Gasteiger partial charge in [0, 0.05) is 12.3 Å². The molecule has 4 atom stereocenters. The number of fused-ring (bicyclic) bond motifs is 4. The smallest absolute Gasteiger partial charge is 0.352 e. The molecule has 5 aliphatic rings. The minimum atomic E-state index is -1.91. The topological polar surface area (TPSA) is 119 Å². The highest BCUT2D eigenvalue weighted by atomic mass is 127. The van der Waals surface area contributed by atoms with Gasteiger partial charge in [0.2, 0.25) is 5.91 Å². The number of hydrogen-bond donors (Lipinski definition) is 2. The summed E-state index contributed by atoms with van der Waals surface area (Å²) in [6.45, 7) is 18.8. The van der Waals surface area contributed by atoms with Crippen molar-refractivity contribution >= 4 is 48.7 Å². The van der Waals surface area contributed by atoms with Gasteiger partial charge in [-0.05, 0) is 77.0 Å². The molecule has 10 nitrogen and oxygen atoms in total. The zero-order chi connectivity index (χ0) is 34.1. The van der Waals surface area contributed by atoms with Crippen molar-refractivity contribution in [2.24, 2.45) is 17.6 Å². The molecule has 12 heteroatoms. The number of nitrogens with zero attached hydrogens (tertiary/aromatic N) is 3. The predicted molar refractivity (Wildman–Crippen MR) is 192 cm³/mol. The number of rotatable bonds is 16. The average Bonchev–Trinajstić information content (AvgIpc) is 3.30. The Bertz CT molecular complexity index is 1410. The van der Waals surface area contributed by atoms with Gasteiger partial charge in [0.25, 0.3) is 5.91 Å². The molecule has 2 bridgehead atoms. The number of β-lactam (4-membered cyclic amide) rings is 1. The molecule has 258 valence electrons. The van der Waals surface area contributed by atoms with Crippen LogP contribution in [0.2, 0.25) is 18.1 Å². The number of nitrogens with two attached hydrogens (primary N) is 1. The van der Waals surface area contributed by atoms with Crippen LogP contribution in [0.25, 0.3) is 0 Å². The number of benzene rings is 1. The summed E-state index contributed by atoms with van der Waals surface area (Å²) in [5, 5.41) is 10.1. The number of quaternary nitrogens is 2. The number of halogens is 1. The second-order valence-corrected chi connectivity index (χ2v) is 20.2. The van der Waals surface area contributed by atoms with Gasteiger partial charge in [0.1, 0.15) is 57.3 Å². The van der Waals surface area contributed by atoms with Gasteiger partial charge >= 0.3 is 5.97 Å². The zero-order valence-corrected chi connectivity index (χ0v) is 31.8. The first kappa shape index (κ1) is 36.0. The molecule has 0 saturated carbocycles. The van der Waals surface area contributed by atoms with E-state index in [0.29, 0.717) is 18.7 Å². The first-order valence-electron chi connectivity index (χ1n) is 17.4. The fourth-order valence-corrected chi connectivity index (χ4v) is 12.3. The van der Waals surface area contributed by atoms with E-state index in [1.54, 1.807) is 0 Å². The Kier molecular flexibility index (Phi) is 11.0. The molecule has 0 radical (unpaired) electrons. The number of piperazine rings is 3. The molecule has 1 aromatic rings. The summed E-state index contributed by atoms with van der Waals surface area (Å²) in [6, 6.07) is 9.16. The molecular formula is C35H53IN4O6Si+2. The molecule has 6 rings (SSSR count). The Balaban J connectivity index is 1.17. The number of carbonyl (C=O) groups is 3. The lowest BCUT2D eigenvalue weighted by Crippen LogP contribution is -2.76. The number of hydrogen-bond acceptors (Lipinski definition) is 5. The second-order valence-electron chi connectivity index (χ2n) is 14.3. The van der Waals surface area contributed by atoms with Crippen LogP contribution in [0.5, 0.6) is 5.75 Å². The van der Waals surface area contributed by atoms with Crippen LogP contribution < -0.4 is 10.5 Å². The lowest BCUT2D eigenvalue weighted by molar-refractivity contribution is -1.08. The van der Waals surface area contributed by atoms with Gasteiger partial charge in [-0.1, -0.05) is 39.8 Å². The van der Waals surface area contributed by atoms with Gasteiger partial charge in [-0.25, -0.2) is 4.79 Å². The van der Waals surface area contributed by atoms with E-state index >= 15 is 0 Å². The standard InChI is InChI=1S/C35H51IN4O6Si/c1-6-47(7-2,8-3)46-25(5)31-32-24(4)27(33(35(43)44)38(32)34(31)42)10-9-21-45-29-12-11-26(22-28(29)36)13-14-39-15-18-40(19-16-39,20-17-39)23-30(37)41/h9-12,22,24-25,31-32H,6-8,13-21,23H2,1-5H3,(H-2,37,41,43,44)/p+2/b10-9+/t24-,25+,31+,32+,39?,40?/m0/s1. The first-order chi connectivity index (χ1) is 22.3. The predicted octanol–water partition coefficient (Wildman–Crippen LogP) is 4.14. The van der Waals surface area contributed by atoms with Crippen molar-refractivity contribution in [1.82, 2.24) is 4.90 Å². The highest BCUT2D eigenvalue weighted by Crippen LogP contribution is 2.48. The highest BCUT2D eigenvalue weighted by molar-refractivity contribution is 14.1. The normalized spacial score (nSPS) is 29.3. The van der Waals surface area contributed by atoms with Crippen molar-refractivity contribution < 1.29 is 37.6 Å². The zero-order valence-electron chi connectivity index (χ0n) is 28.7. The quantitative estimate of drug-likeness (QED) is 0.113. The third kappa shape index (κ3) is 7.08. The van der Waals surface area contributed by atoms with Crippen molar-refractivity contribution in [3.05, 3.63) is 50.8 Å². The van der Waals surface area contributed by atoms with Gasteiger partial charge < -0.3 is 33.9 Å². The first-order valence-corrected chi connectivity index (χ1v) is 21.0. The van der Waals surface area contributed by atoms with Crippen LogP contribution in [0, 0.1) is 15.4 Å². The van der Waals surface area contributed by atoms with Crippen molar-refractivity contribution in [1.29, 1.82) is 0 Å². The molecule has 2 amide bonds. The maximum Gasteiger partial charge on any atom is 0.352 e. The Morgan fingerprint density at radius 1 is 1.11 bits per heavy atom. The van der Waals surface area contributed by atoms with Crippen LogP contribution in [0.15, 0.2) is 41.6 Å². The summed E-state index contributed by atoms with van der Waals surface area (Å²) >= 11 is 2.32. The van der Waals surface area contributed by atoms with Gasteiger partial charge in [-0.15, -0.1) is 0 Å². The molecule has 5 aliphatic heterocycles. The van der Waals surface area contributed by atoms with E-state index in [-0.39, 0.29) is 41.5 Å². The largest absolute Gasteiger partial charge is 0.488 e. The molecule has 4 saturated heterocycles. The molecule has 0 spiro atoms. The average molecular weight is 781 g/mol. The van der Waals surface area contributed by atoms with Crippen LogP contribution in [-0.2, 0) is 25.2 Å². The van der Waals surface area contributed by atoms with Crippen LogP contribution in [-0.4, -0.2) is 116 Å². The second kappa shape index (κ2) is 14.3. The number of amides is 2. The van der Waals surface area contributed by atoms with E-state index < -0.39 is 14.3 Å². The number of carboxylic acids is 1. The van der Waals surface area contributed by atoms with E-state index in [0.717, 1.165) is 88.7 Å². The summed E-state index contributed by atoms with van der Waals surface area (Å²) in [5.41, 5.74) is 7.56. The summed E-state index contributed by atoms with van der Waals surface area (Å²) in [6.07, 6.45) is 4.44. The Hall–Kier alpha value is -2.26. The number of carbonyl (C=O) groups excluding carboxylic acids is 2. The molecular weight excluding hydrogens is 727 g/mol. The molecule has 4 fully saturated rings. The summed E-state index contributed by atoms with van der Waals surface area (Å²) in [4.78, 5) is 38.8. The van der Waals surface area contributed by atoms with E-state index in [4.69, 9.17) is 14.9 Å². The number of aliphatic carboxylic acids is 1. The van der Waals surface area contributed by atoms with Gasteiger partial charge in [-0.2, -0.15) is 0 Å². The van der Waals surface area contributed by atoms with Crippen LogP contribution >= 0.6 is 22.6 Å². The number of allylic oxidation sites excluding steroid dienone is 1. The fraction of sp³-hybridized carbons (Fsp3) is 0.629. The molecule has 0 unspecified atom stereocenters. The van der Waals surface area contributed by atoms with Crippen LogP contribution in [0.1, 0.15) is 40.2 Å². The maximum absolute atomic E-state index is 13.3. The Labute approximate surface area is 294 Å². The molecule has 0 aromatic heterocycles. The lowest BCUT2D eigenvalue weighted by atomic mass is 9.77. The van der Waals surface area contributed by atoms with Gasteiger partial charge in [-0.3, -0.25) is 9.59 Å². The van der Waals surface area contributed by atoms with E-state index in [1.807, 2.05) is 32.1 Å². The molecule has 5 heterocycles. The minimum absolute atomic E-state index is 0.0856. The van der Waals surface area contributed by atoms with E-state index in [1.165, 1.54) is 10.5 Å². The van der Waals surface area contributed by atoms with Crippen LogP contribution in [0.4, 0.5) is 0 Å². The fourth-order valence-electron chi connectivity index (χ4n) is 8.61. The number of ether oxygens (including phenoxy) is 1. The van der Waals surface area contributed by atoms with Crippen molar-refractivity contribution in [3.63, 3.8) is 0 Å². The summed E-state index contributed by atoms with van der Waals surface area (Å²) in [7, 11) is -1.91. The van der Waals surface area contributed by atoms with Gasteiger partial charge in [0.05, 0.1) is 28.2 Å². The van der Waals surface area contributed by atoms with Crippen molar-refractivity contribution in [2.75, 3.05) is 59.0 Å². The molecule has 1 aromatic carbocycles. The molecule has 0 aliphatic carbocycles. The van der Waals surface area contributed by atoms with Crippen molar-refractivity contribution in [3.8, 4) is 5.75 Å². The summed E-state index contributed by atoms with van der Waals surface area (Å²) < 4.78 is 15.8. The van der Waals surface area contributed by atoms with Crippen LogP contribution in [0.3, 0.4) is 0 Å². The van der Waals surface area contributed by atoms with Gasteiger partial charge in [0.15, 0.2) is 14.9 Å². The summed E-state index contributed by atoms with van der Waals surface area (Å²) in [5.74, 6) is -1.06. The maximum atomic E-state index is 13.3. The van der Waals surface area contributed by atoms with E-state index in [2.05, 4.69) is 55.5 Å². The lowest BCUT2D eigenvalue weighted by Gasteiger charge is -2.55. The molecule has 3 N–H and O–H groups in total. The Morgan fingerprint density at radius 3 is 2.28 bits per heavy atom.